The van der Waals surface area contributed by atoms with Gasteiger partial charge in [-0.1, -0.05) is 0 Å². The van der Waals surface area contributed by atoms with Crippen molar-refractivity contribution in [2.45, 2.75) is 25.7 Å². The Morgan fingerprint density at radius 2 is 2.05 bits per heavy atom. The van der Waals surface area contributed by atoms with Gasteiger partial charge in [0.1, 0.15) is 12.1 Å². The molecule has 1 saturated heterocycles. The Bertz CT molecular complexity index is 558. The quantitative estimate of drug-likeness (QED) is 0.812. The standard InChI is InChI=1S/C14H22N6/c1-19-14-12(10-18-19)13(16-11-17-14)15-6-2-3-7-20-8-4-5-9-20/h10-11H,2-9H2,1H3,(H,15,16,17). The number of aromatic nitrogens is 4. The van der Waals surface area contributed by atoms with Gasteiger partial charge in [0.25, 0.3) is 0 Å². The molecule has 1 N–H and O–H groups in total. The molecule has 6 heteroatoms. The SMILES string of the molecule is Cn1ncc2c(NCCCCN3CCCC3)ncnc21. The molecule has 1 fully saturated rings. The molecule has 20 heavy (non-hydrogen) atoms. The average molecular weight is 274 g/mol. The van der Waals surface area contributed by atoms with Crippen molar-refractivity contribution in [2.24, 2.45) is 7.05 Å². The minimum absolute atomic E-state index is 0.875. The van der Waals surface area contributed by atoms with Crippen molar-refractivity contribution in [3.63, 3.8) is 0 Å². The number of anilines is 1. The summed E-state index contributed by atoms with van der Waals surface area (Å²) >= 11 is 0. The number of nitrogens with one attached hydrogen (secondary N) is 1. The fourth-order valence-electron chi connectivity index (χ4n) is 2.78. The van der Waals surface area contributed by atoms with E-state index in [1.165, 1.54) is 45.3 Å². The number of rotatable bonds is 6. The number of unbranched alkanes of at least 4 members (excludes halogenated alkanes) is 1. The highest BCUT2D eigenvalue weighted by Crippen LogP contribution is 2.17. The molecule has 0 saturated carbocycles. The first-order chi connectivity index (χ1) is 9.84. The molecule has 1 aliphatic heterocycles. The Morgan fingerprint density at radius 1 is 1.20 bits per heavy atom. The van der Waals surface area contributed by atoms with E-state index >= 15 is 0 Å². The summed E-state index contributed by atoms with van der Waals surface area (Å²) in [7, 11) is 1.90. The van der Waals surface area contributed by atoms with Crippen molar-refractivity contribution in [3.05, 3.63) is 12.5 Å². The van der Waals surface area contributed by atoms with Crippen molar-refractivity contribution >= 4 is 16.9 Å². The van der Waals surface area contributed by atoms with Crippen LogP contribution in [0.1, 0.15) is 25.7 Å². The highest BCUT2D eigenvalue weighted by Gasteiger charge is 2.10. The Kier molecular flexibility index (Phi) is 4.11. The maximum Gasteiger partial charge on any atom is 0.163 e. The van der Waals surface area contributed by atoms with Crippen LogP contribution in [0.2, 0.25) is 0 Å². The average Bonchev–Trinajstić information content (AvgIpc) is 3.09. The van der Waals surface area contributed by atoms with Crippen LogP contribution >= 0.6 is 0 Å². The van der Waals surface area contributed by atoms with Crippen molar-refractivity contribution in [3.8, 4) is 0 Å². The van der Waals surface area contributed by atoms with Crippen LogP contribution in [0, 0.1) is 0 Å². The minimum atomic E-state index is 0.875. The molecule has 0 bridgehead atoms. The first kappa shape index (κ1) is 13.3. The Balaban J connectivity index is 1.47. The number of hydrogen-bond donors (Lipinski definition) is 1. The van der Waals surface area contributed by atoms with Crippen LogP contribution in [0.15, 0.2) is 12.5 Å². The van der Waals surface area contributed by atoms with E-state index in [9.17, 15) is 0 Å². The summed E-state index contributed by atoms with van der Waals surface area (Å²) in [5.41, 5.74) is 0.875. The predicted molar refractivity (Wildman–Crippen MR) is 79.7 cm³/mol. The molecule has 6 nitrogen and oxygen atoms in total. The fourth-order valence-corrected chi connectivity index (χ4v) is 2.78. The topological polar surface area (TPSA) is 58.9 Å². The molecule has 0 aromatic carbocycles. The van der Waals surface area contributed by atoms with E-state index < -0.39 is 0 Å². The van der Waals surface area contributed by atoms with Crippen LogP contribution in [0.25, 0.3) is 11.0 Å². The molecule has 0 radical (unpaired) electrons. The maximum atomic E-state index is 4.31. The molecule has 0 aliphatic carbocycles. The maximum absolute atomic E-state index is 4.31. The Morgan fingerprint density at radius 3 is 2.90 bits per heavy atom. The van der Waals surface area contributed by atoms with Gasteiger partial charge >= 0.3 is 0 Å². The second-order valence-corrected chi connectivity index (χ2v) is 5.41. The molecule has 108 valence electrons. The highest BCUT2D eigenvalue weighted by molar-refractivity contribution is 5.85. The molecule has 0 atom stereocenters. The van der Waals surface area contributed by atoms with Gasteiger partial charge in [0.2, 0.25) is 0 Å². The molecule has 2 aromatic rings. The summed E-state index contributed by atoms with van der Waals surface area (Å²) < 4.78 is 1.77. The van der Waals surface area contributed by atoms with Gasteiger partial charge in [0, 0.05) is 13.6 Å². The highest BCUT2D eigenvalue weighted by atomic mass is 15.3. The zero-order valence-corrected chi connectivity index (χ0v) is 12.0. The first-order valence-corrected chi connectivity index (χ1v) is 7.43. The lowest BCUT2D eigenvalue weighted by Gasteiger charge is -2.14. The van der Waals surface area contributed by atoms with E-state index in [4.69, 9.17) is 0 Å². The molecule has 3 rings (SSSR count). The Labute approximate surface area is 119 Å². The van der Waals surface area contributed by atoms with Crippen molar-refractivity contribution in [1.29, 1.82) is 0 Å². The third kappa shape index (κ3) is 2.90. The monoisotopic (exact) mass is 274 g/mol. The molecular weight excluding hydrogens is 252 g/mol. The van der Waals surface area contributed by atoms with Crippen molar-refractivity contribution in [2.75, 3.05) is 31.5 Å². The van der Waals surface area contributed by atoms with Crippen molar-refractivity contribution in [1.82, 2.24) is 24.6 Å². The van der Waals surface area contributed by atoms with E-state index in [1.54, 1.807) is 11.0 Å². The molecule has 0 amide bonds. The summed E-state index contributed by atoms with van der Waals surface area (Å²) in [6.07, 6.45) is 8.57. The molecule has 0 unspecified atom stereocenters. The second-order valence-electron chi connectivity index (χ2n) is 5.41. The van der Waals surface area contributed by atoms with Gasteiger partial charge in [-0.25, -0.2) is 9.97 Å². The molecule has 1 aliphatic rings. The number of likely N-dealkylation sites (tertiary alicyclic amines) is 1. The Hall–Kier alpha value is -1.69. The lowest BCUT2D eigenvalue weighted by molar-refractivity contribution is 0.331. The van der Waals surface area contributed by atoms with Crippen LogP contribution in [-0.4, -0.2) is 50.8 Å². The van der Waals surface area contributed by atoms with Gasteiger partial charge in [0.05, 0.1) is 11.6 Å². The van der Waals surface area contributed by atoms with Gasteiger partial charge in [-0.05, 0) is 45.3 Å². The normalized spacial score (nSPS) is 16.1. The van der Waals surface area contributed by atoms with E-state index in [0.29, 0.717) is 0 Å². The van der Waals surface area contributed by atoms with Crippen LogP contribution in [-0.2, 0) is 7.05 Å². The summed E-state index contributed by atoms with van der Waals surface area (Å²) in [4.78, 5) is 11.1. The lowest BCUT2D eigenvalue weighted by Crippen LogP contribution is -2.20. The number of hydrogen-bond acceptors (Lipinski definition) is 5. The van der Waals surface area contributed by atoms with E-state index in [0.717, 1.165) is 23.4 Å². The molecule has 2 aromatic heterocycles. The first-order valence-electron chi connectivity index (χ1n) is 7.43. The summed E-state index contributed by atoms with van der Waals surface area (Å²) in [5, 5.41) is 8.62. The molecule has 3 heterocycles. The summed E-state index contributed by atoms with van der Waals surface area (Å²) in [6, 6.07) is 0. The van der Waals surface area contributed by atoms with Crippen LogP contribution in [0.3, 0.4) is 0 Å². The molecule has 0 spiro atoms. The second kappa shape index (κ2) is 6.17. The number of aryl methyl sites for hydroxylation is 1. The van der Waals surface area contributed by atoms with E-state index in [2.05, 4.69) is 25.3 Å². The fraction of sp³-hybridized carbons (Fsp3) is 0.643. The van der Waals surface area contributed by atoms with Gasteiger partial charge in [0.15, 0.2) is 5.65 Å². The number of fused-ring (bicyclic) bond motifs is 1. The third-order valence-corrected chi connectivity index (χ3v) is 3.92. The van der Waals surface area contributed by atoms with Gasteiger partial charge < -0.3 is 10.2 Å². The van der Waals surface area contributed by atoms with Crippen LogP contribution in [0.4, 0.5) is 5.82 Å². The zero-order chi connectivity index (χ0) is 13.8. The minimum Gasteiger partial charge on any atom is -0.369 e. The molecular formula is C14H22N6. The van der Waals surface area contributed by atoms with Crippen LogP contribution < -0.4 is 5.32 Å². The zero-order valence-electron chi connectivity index (χ0n) is 12.0. The summed E-state index contributed by atoms with van der Waals surface area (Å²) in [6.45, 7) is 4.76. The number of nitrogens with zero attached hydrogens (tertiary/aromatic N) is 5. The summed E-state index contributed by atoms with van der Waals surface area (Å²) in [5.74, 6) is 0.893. The van der Waals surface area contributed by atoms with Gasteiger partial charge in [-0.2, -0.15) is 5.10 Å². The smallest absolute Gasteiger partial charge is 0.163 e. The third-order valence-electron chi connectivity index (χ3n) is 3.92. The van der Waals surface area contributed by atoms with Crippen molar-refractivity contribution < 1.29 is 0 Å². The van der Waals surface area contributed by atoms with E-state index in [1.807, 2.05) is 13.2 Å². The van der Waals surface area contributed by atoms with E-state index in [-0.39, 0.29) is 0 Å². The van der Waals surface area contributed by atoms with Gasteiger partial charge in [-0.15, -0.1) is 0 Å². The van der Waals surface area contributed by atoms with Gasteiger partial charge in [-0.3, -0.25) is 4.68 Å². The lowest BCUT2D eigenvalue weighted by atomic mass is 10.3. The van der Waals surface area contributed by atoms with Crippen LogP contribution in [0.5, 0.6) is 0 Å². The predicted octanol–water partition coefficient (Wildman–Crippen LogP) is 1.65. The largest absolute Gasteiger partial charge is 0.369 e.